The Morgan fingerprint density at radius 1 is 0.939 bits per heavy atom. The molecule has 0 radical (unpaired) electrons. The van der Waals surface area contributed by atoms with Crippen molar-refractivity contribution in [3.8, 4) is 17.2 Å². The number of aryl methyl sites for hydroxylation is 1. The van der Waals surface area contributed by atoms with Gasteiger partial charge in [0, 0.05) is 30.4 Å². The van der Waals surface area contributed by atoms with Gasteiger partial charge in [-0.1, -0.05) is 18.2 Å². The van der Waals surface area contributed by atoms with Crippen LogP contribution in [0.1, 0.15) is 42.6 Å². The van der Waals surface area contributed by atoms with Gasteiger partial charge in [0.2, 0.25) is 0 Å². The van der Waals surface area contributed by atoms with Crippen molar-refractivity contribution in [1.29, 1.82) is 0 Å². The van der Waals surface area contributed by atoms with Gasteiger partial charge in [0.15, 0.2) is 0 Å². The fraction of sp³-hybridized carbons (Fsp3) is 0.321. The first-order chi connectivity index (χ1) is 16.0. The van der Waals surface area contributed by atoms with E-state index in [-0.39, 0.29) is 12.0 Å². The predicted octanol–water partition coefficient (Wildman–Crippen LogP) is 6.29. The van der Waals surface area contributed by atoms with Crippen molar-refractivity contribution in [3.05, 3.63) is 83.9 Å². The second-order valence-corrected chi connectivity index (χ2v) is 8.82. The van der Waals surface area contributed by atoms with Gasteiger partial charge in [-0.3, -0.25) is 4.79 Å². The number of hydrogen-bond acceptors (Lipinski definition) is 4. The molecular weight excluding hydrogens is 412 g/mol. The van der Waals surface area contributed by atoms with E-state index in [1.54, 1.807) is 0 Å². The highest BCUT2D eigenvalue weighted by Crippen LogP contribution is 2.27. The molecule has 5 nitrogen and oxygen atoms in total. The molecule has 1 N–H and O–H groups in total. The number of benzene rings is 3. The van der Waals surface area contributed by atoms with Crippen LogP contribution in [0, 0.1) is 6.92 Å². The zero-order valence-corrected chi connectivity index (χ0v) is 19.6. The van der Waals surface area contributed by atoms with Gasteiger partial charge in [0.05, 0.1) is 0 Å². The molecule has 172 valence electrons. The molecule has 1 heterocycles. The summed E-state index contributed by atoms with van der Waals surface area (Å²) in [7, 11) is 0. The van der Waals surface area contributed by atoms with E-state index in [9.17, 15) is 4.79 Å². The number of carbonyl (C=O) groups is 1. The number of likely N-dealkylation sites (tertiary alicyclic amines) is 1. The molecule has 33 heavy (non-hydrogen) atoms. The van der Waals surface area contributed by atoms with Crippen LogP contribution in [0.25, 0.3) is 0 Å². The van der Waals surface area contributed by atoms with Crippen LogP contribution in [0.15, 0.2) is 72.8 Å². The maximum Gasteiger partial charge on any atom is 0.255 e. The molecule has 0 unspecified atom stereocenters. The van der Waals surface area contributed by atoms with Crippen LogP contribution in [0.5, 0.6) is 17.2 Å². The summed E-state index contributed by atoms with van der Waals surface area (Å²) in [6, 6.07) is 23.3. The van der Waals surface area contributed by atoms with Crippen molar-refractivity contribution < 1.29 is 14.3 Å². The van der Waals surface area contributed by atoms with Crippen molar-refractivity contribution in [2.45, 2.75) is 45.8 Å². The predicted molar refractivity (Wildman–Crippen MR) is 132 cm³/mol. The molecule has 3 aromatic carbocycles. The van der Waals surface area contributed by atoms with Crippen molar-refractivity contribution >= 4 is 11.6 Å². The van der Waals surface area contributed by atoms with E-state index in [0.717, 1.165) is 54.4 Å². The van der Waals surface area contributed by atoms with Crippen LogP contribution >= 0.6 is 0 Å². The average Bonchev–Trinajstić information content (AvgIpc) is 2.82. The first kappa shape index (κ1) is 22.9. The number of rotatable bonds is 7. The molecular formula is C28H32N2O3. The first-order valence-corrected chi connectivity index (χ1v) is 11.6. The minimum Gasteiger partial charge on any atom is -0.490 e. The summed E-state index contributed by atoms with van der Waals surface area (Å²) in [5.41, 5.74) is 2.28. The Bertz CT molecular complexity index is 1060. The minimum absolute atomic E-state index is 0.150. The van der Waals surface area contributed by atoms with Gasteiger partial charge in [-0.25, -0.2) is 0 Å². The maximum absolute atomic E-state index is 12.7. The third-order valence-corrected chi connectivity index (χ3v) is 6.03. The van der Waals surface area contributed by atoms with Gasteiger partial charge in [-0.2, -0.15) is 0 Å². The molecule has 3 aromatic rings. The lowest BCUT2D eigenvalue weighted by molar-refractivity contribution is 0.0843. The molecule has 0 bridgehead atoms. The Balaban J connectivity index is 1.32. The molecule has 1 aliphatic rings. The van der Waals surface area contributed by atoms with Crippen molar-refractivity contribution in [1.82, 2.24) is 4.90 Å². The molecule has 1 saturated heterocycles. The number of hydrogen-bond donors (Lipinski definition) is 1. The van der Waals surface area contributed by atoms with E-state index < -0.39 is 0 Å². The van der Waals surface area contributed by atoms with E-state index in [1.165, 1.54) is 0 Å². The summed E-state index contributed by atoms with van der Waals surface area (Å²) in [5, 5.41) is 2.97. The maximum atomic E-state index is 12.7. The zero-order chi connectivity index (χ0) is 23.2. The summed E-state index contributed by atoms with van der Waals surface area (Å²) in [6.07, 6.45) is 2.30. The summed E-state index contributed by atoms with van der Waals surface area (Å²) in [5.74, 6) is 2.21. The number of nitrogens with one attached hydrogen (secondary N) is 1. The SMILES string of the molecule is Cc1cc(NC(=O)c2ccc(OC3CCN(C(C)C)CC3)cc2)ccc1Oc1ccccc1. The van der Waals surface area contributed by atoms with E-state index in [2.05, 4.69) is 24.1 Å². The Kier molecular flexibility index (Phi) is 7.30. The normalized spacial score (nSPS) is 14.8. The van der Waals surface area contributed by atoms with Gasteiger partial charge < -0.3 is 19.7 Å². The molecule has 1 aliphatic heterocycles. The molecule has 1 amide bonds. The fourth-order valence-electron chi connectivity index (χ4n) is 4.05. The Labute approximate surface area is 196 Å². The highest BCUT2D eigenvalue weighted by Gasteiger charge is 2.22. The summed E-state index contributed by atoms with van der Waals surface area (Å²) in [6.45, 7) is 8.57. The lowest BCUT2D eigenvalue weighted by Gasteiger charge is -2.34. The molecule has 0 aliphatic carbocycles. The number of carbonyl (C=O) groups excluding carboxylic acids is 1. The van der Waals surface area contributed by atoms with Gasteiger partial charge >= 0.3 is 0 Å². The van der Waals surface area contributed by atoms with Crippen LogP contribution in [0.2, 0.25) is 0 Å². The largest absolute Gasteiger partial charge is 0.490 e. The number of piperidine rings is 1. The third-order valence-electron chi connectivity index (χ3n) is 6.03. The topological polar surface area (TPSA) is 50.8 Å². The van der Waals surface area contributed by atoms with Crippen LogP contribution in [-0.2, 0) is 0 Å². The van der Waals surface area contributed by atoms with Crippen molar-refractivity contribution in [3.63, 3.8) is 0 Å². The van der Waals surface area contributed by atoms with Gasteiger partial charge in [-0.15, -0.1) is 0 Å². The van der Waals surface area contributed by atoms with Gasteiger partial charge in [-0.05, 0) is 93.8 Å². The molecule has 4 rings (SSSR count). The summed E-state index contributed by atoms with van der Waals surface area (Å²) in [4.78, 5) is 15.2. The van der Waals surface area contributed by atoms with Crippen molar-refractivity contribution in [2.24, 2.45) is 0 Å². The number of anilines is 1. The van der Waals surface area contributed by atoms with Crippen LogP contribution in [0.4, 0.5) is 5.69 Å². The van der Waals surface area contributed by atoms with E-state index in [0.29, 0.717) is 11.6 Å². The smallest absolute Gasteiger partial charge is 0.255 e. The highest BCUT2D eigenvalue weighted by molar-refractivity contribution is 6.04. The van der Waals surface area contributed by atoms with Crippen LogP contribution in [-0.4, -0.2) is 36.0 Å². The van der Waals surface area contributed by atoms with Crippen molar-refractivity contribution in [2.75, 3.05) is 18.4 Å². The quantitative estimate of drug-likeness (QED) is 0.465. The zero-order valence-electron chi connectivity index (χ0n) is 19.6. The molecule has 0 atom stereocenters. The lowest BCUT2D eigenvalue weighted by Crippen LogP contribution is -2.41. The Morgan fingerprint density at radius 3 is 2.27 bits per heavy atom. The first-order valence-electron chi connectivity index (χ1n) is 11.6. The highest BCUT2D eigenvalue weighted by atomic mass is 16.5. The summed E-state index contributed by atoms with van der Waals surface area (Å²) >= 11 is 0. The Hall–Kier alpha value is -3.31. The Morgan fingerprint density at radius 2 is 1.64 bits per heavy atom. The molecule has 0 aromatic heterocycles. The number of ether oxygens (including phenoxy) is 2. The summed E-state index contributed by atoms with van der Waals surface area (Å²) < 4.78 is 12.1. The van der Waals surface area contributed by atoms with Crippen LogP contribution < -0.4 is 14.8 Å². The fourth-order valence-corrected chi connectivity index (χ4v) is 4.05. The molecule has 5 heteroatoms. The van der Waals surface area contributed by atoms with Gasteiger partial charge in [0.1, 0.15) is 23.4 Å². The van der Waals surface area contributed by atoms with E-state index in [1.807, 2.05) is 79.7 Å². The number of nitrogens with zero attached hydrogens (tertiary/aromatic N) is 1. The monoisotopic (exact) mass is 444 g/mol. The minimum atomic E-state index is -0.150. The van der Waals surface area contributed by atoms with E-state index >= 15 is 0 Å². The molecule has 0 spiro atoms. The number of para-hydroxylation sites is 1. The standard InChI is InChI=1S/C28H32N2O3/c1-20(2)30-17-15-26(16-18-30)32-25-12-9-22(10-13-25)28(31)29-23-11-14-27(21(3)19-23)33-24-7-5-4-6-8-24/h4-14,19-20,26H,15-18H2,1-3H3,(H,29,31). The number of amides is 1. The molecule has 0 saturated carbocycles. The second kappa shape index (κ2) is 10.5. The van der Waals surface area contributed by atoms with Gasteiger partial charge in [0.25, 0.3) is 5.91 Å². The molecule has 1 fully saturated rings. The van der Waals surface area contributed by atoms with Crippen LogP contribution in [0.3, 0.4) is 0 Å². The lowest BCUT2D eigenvalue weighted by atomic mass is 10.1. The third kappa shape index (κ3) is 6.14. The van der Waals surface area contributed by atoms with E-state index in [4.69, 9.17) is 9.47 Å². The average molecular weight is 445 g/mol. The second-order valence-electron chi connectivity index (χ2n) is 8.82.